The summed E-state index contributed by atoms with van der Waals surface area (Å²) in [7, 11) is 0. The molecule has 2 rings (SSSR count). The number of nitrogens with one attached hydrogen (secondary N) is 2. The zero-order valence-electron chi connectivity index (χ0n) is 12.4. The van der Waals surface area contributed by atoms with E-state index in [0.29, 0.717) is 5.13 Å². The average Bonchev–Trinajstić information content (AvgIpc) is 2.82. The van der Waals surface area contributed by atoms with Crippen molar-refractivity contribution in [3.63, 3.8) is 0 Å². The van der Waals surface area contributed by atoms with Crippen molar-refractivity contribution in [2.45, 2.75) is 26.3 Å². The molecular weight excluding hydrogens is 300 g/mol. The van der Waals surface area contributed by atoms with E-state index in [1.165, 1.54) is 11.3 Å². The molecule has 0 unspecified atom stereocenters. The Morgan fingerprint density at radius 1 is 1.36 bits per heavy atom. The SMILES string of the molecule is Cc1cccc([C@@H](CC(=O)Nc2nc(C)cs2)NC(N)=O)c1. The standard InChI is InChI=1S/C15H18N4O2S/c1-9-4-3-5-11(6-9)12(18-14(16)21)7-13(20)19-15-17-10(2)8-22-15/h3-6,8,12H,7H2,1-2H3,(H3,16,18,21)(H,17,19,20)/t12-/m1/s1. The van der Waals surface area contributed by atoms with E-state index in [2.05, 4.69) is 15.6 Å². The third-order valence-electron chi connectivity index (χ3n) is 3.02. The molecule has 116 valence electrons. The number of rotatable bonds is 5. The lowest BCUT2D eigenvalue weighted by Crippen LogP contribution is -2.35. The molecule has 2 aromatic rings. The van der Waals surface area contributed by atoms with Gasteiger partial charge in [-0.15, -0.1) is 11.3 Å². The van der Waals surface area contributed by atoms with Crippen LogP contribution in [0.4, 0.5) is 9.93 Å². The number of carbonyl (C=O) groups excluding carboxylic acids is 2. The highest BCUT2D eigenvalue weighted by atomic mass is 32.1. The van der Waals surface area contributed by atoms with Gasteiger partial charge in [-0.1, -0.05) is 29.8 Å². The van der Waals surface area contributed by atoms with E-state index >= 15 is 0 Å². The van der Waals surface area contributed by atoms with Crippen molar-refractivity contribution in [2.24, 2.45) is 5.73 Å². The topological polar surface area (TPSA) is 97.1 Å². The Morgan fingerprint density at radius 2 is 2.14 bits per heavy atom. The van der Waals surface area contributed by atoms with Crippen LogP contribution < -0.4 is 16.4 Å². The van der Waals surface area contributed by atoms with Gasteiger partial charge in [0, 0.05) is 5.38 Å². The van der Waals surface area contributed by atoms with Crippen molar-refractivity contribution in [3.8, 4) is 0 Å². The molecule has 0 spiro atoms. The Hall–Kier alpha value is -2.41. The smallest absolute Gasteiger partial charge is 0.312 e. The number of benzene rings is 1. The van der Waals surface area contributed by atoms with Crippen LogP contribution in [0.5, 0.6) is 0 Å². The molecule has 0 radical (unpaired) electrons. The highest BCUT2D eigenvalue weighted by molar-refractivity contribution is 7.13. The van der Waals surface area contributed by atoms with Gasteiger partial charge in [-0.3, -0.25) is 4.79 Å². The number of hydrogen-bond donors (Lipinski definition) is 3. The Labute approximate surface area is 132 Å². The van der Waals surface area contributed by atoms with Crippen LogP contribution in [0.3, 0.4) is 0 Å². The van der Waals surface area contributed by atoms with Crippen LogP contribution in [0.1, 0.15) is 29.3 Å². The van der Waals surface area contributed by atoms with Crippen LogP contribution in [0.15, 0.2) is 29.6 Å². The van der Waals surface area contributed by atoms with Gasteiger partial charge in [0.1, 0.15) is 0 Å². The quantitative estimate of drug-likeness (QED) is 0.790. The summed E-state index contributed by atoms with van der Waals surface area (Å²) >= 11 is 1.36. The van der Waals surface area contributed by atoms with Crippen LogP contribution >= 0.6 is 11.3 Å². The van der Waals surface area contributed by atoms with E-state index < -0.39 is 12.1 Å². The second-order valence-corrected chi connectivity index (χ2v) is 5.88. The van der Waals surface area contributed by atoms with E-state index in [9.17, 15) is 9.59 Å². The fourth-order valence-corrected chi connectivity index (χ4v) is 2.78. The Kier molecular flexibility index (Phi) is 5.11. The van der Waals surface area contributed by atoms with Gasteiger partial charge in [0.05, 0.1) is 18.2 Å². The number of aryl methyl sites for hydroxylation is 2. The first-order valence-corrected chi connectivity index (χ1v) is 7.66. The molecule has 6 nitrogen and oxygen atoms in total. The molecular formula is C15H18N4O2S. The van der Waals surface area contributed by atoms with Crippen molar-refractivity contribution < 1.29 is 9.59 Å². The molecule has 1 aromatic carbocycles. The zero-order chi connectivity index (χ0) is 16.1. The fourth-order valence-electron chi connectivity index (χ4n) is 2.08. The summed E-state index contributed by atoms with van der Waals surface area (Å²) in [4.78, 5) is 27.5. The number of carbonyl (C=O) groups is 2. The molecule has 0 saturated carbocycles. The van der Waals surface area contributed by atoms with E-state index in [-0.39, 0.29) is 12.3 Å². The minimum absolute atomic E-state index is 0.0883. The Morgan fingerprint density at radius 3 is 2.73 bits per heavy atom. The van der Waals surface area contributed by atoms with Crippen LogP contribution in [-0.4, -0.2) is 16.9 Å². The van der Waals surface area contributed by atoms with E-state index in [1.54, 1.807) is 0 Å². The molecule has 0 saturated heterocycles. The number of nitrogens with two attached hydrogens (primary N) is 1. The van der Waals surface area contributed by atoms with Gasteiger partial charge < -0.3 is 16.4 Å². The molecule has 1 heterocycles. The monoisotopic (exact) mass is 318 g/mol. The summed E-state index contributed by atoms with van der Waals surface area (Å²) in [5.74, 6) is -0.227. The van der Waals surface area contributed by atoms with Crippen molar-refractivity contribution in [1.82, 2.24) is 10.3 Å². The predicted molar refractivity (Wildman–Crippen MR) is 86.7 cm³/mol. The molecule has 0 aliphatic carbocycles. The minimum atomic E-state index is -0.663. The number of anilines is 1. The number of urea groups is 1. The molecule has 1 aromatic heterocycles. The second-order valence-electron chi connectivity index (χ2n) is 5.02. The van der Waals surface area contributed by atoms with Crippen LogP contribution in [-0.2, 0) is 4.79 Å². The largest absolute Gasteiger partial charge is 0.352 e. The molecule has 0 aliphatic rings. The average molecular weight is 318 g/mol. The van der Waals surface area contributed by atoms with Crippen molar-refractivity contribution in [1.29, 1.82) is 0 Å². The molecule has 0 aliphatic heterocycles. The summed E-state index contributed by atoms with van der Waals surface area (Å²) < 4.78 is 0. The summed E-state index contributed by atoms with van der Waals surface area (Å²) in [5, 5.41) is 7.74. The number of primary amides is 1. The number of thiazole rings is 1. The molecule has 0 fully saturated rings. The third-order valence-corrected chi connectivity index (χ3v) is 3.89. The van der Waals surface area contributed by atoms with Crippen molar-refractivity contribution in [3.05, 3.63) is 46.5 Å². The summed E-state index contributed by atoms with van der Waals surface area (Å²) in [6, 6.07) is 6.46. The van der Waals surface area contributed by atoms with Crippen LogP contribution in [0.25, 0.3) is 0 Å². The Balaban J connectivity index is 2.09. The summed E-state index contributed by atoms with van der Waals surface area (Å²) in [6.07, 6.45) is 0.0883. The summed E-state index contributed by atoms with van der Waals surface area (Å²) in [5.41, 5.74) is 7.94. The summed E-state index contributed by atoms with van der Waals surface area (Å²) in [6.45, 7) is 3.81. The third kappa shape index (κ3) is 4.56. The first-order valence-electron chi connectivity index (χ1n) is 6.78. The number of amides is 3. The highest BCUT2D eigenvalue weighted by Crippen LogP contribution is 2.20. The van der Waals surface area contributed by atoms with Crippen LogP contribution in [0.2, 0.25) is 0 Å². The number of nitrogens with zero attached hydrogens (tertiary/aromatic N) is 1. The van der Waals surface area contributed by atoms with E-state index in [0.717, 1.165) is 16.8 Å². The van der Waals surface area contributed by atoms with Gasteiger partial charge in [0.25, 0.3) is 0 Å². The van der Waals surface area contributed by atoms with Crippen LogP contribution in [0, 0.1) is 13.8 Å². The first-order chi connectivity index (χ1) is 10.4. The predicted octanol–water partition coefficient (Wildman–Crippen LogP) is 2.50. The fraction of sp³-hybridized carbons (Fsp3) is 0.267. The molecule has 4 N–H and O–H groups in total. The maximum absolute atomic E-state index is 12.1. The lowest BCUT2D eigenvalue weighted by atomic mass is 10.0. The van der Waals surface area contributed by atoms with Gasteiger partial charge in [-0.2, -0.15) is 0 Å². The molecule has 1 atom stereocenters. The van der Waals surface area contributed by atoms with Gasteiger partial charge in [0.2, 0.25) is 5.91 Å². The maximum atomic E-state index is 12.1. The molecule has 7 heteroatoms. The lowest BCUT2D eigenvalue weighted by molar-refractivity contribution is -0.116. The Bertz CT molecular complexity index is 684. The first kappa shape index (κ1) is 16.0. The van der Waals surface area contributed by atoms with Gasteiger partial charge >= 0.3 is 6.03 Å². The normalized spacial score (nSPS) is 11.7. The molecule has 3 amide bonds. The number of aromatic nitrogens is 1. The van der Waals surface area contributed by atoms with Gasteiger partial charge in [-0.05, 0) is 19.4 Å². The van der Waals surface area contributed by atoms with Gasteiger partial charge in [0.15, 0.2) is 5.13 Å². The maximum Gasteiger partial charge on any atom is 0.312 e. The number of hydrogen-bond acceptors (Lipinski definition) is 4. The van der Waals surface area contributed by atoms with Crippen molar-refractivity contribution in [2.75, 3.05) is 5.32 Å². The van der Waals surface area contributed by atoms with Crippen molar-refractivity contribution >= 4 is 28.4 Å². The minimum Gasteiger partial charge on any atom is -0.352 e. The second kappa shape index (κ2) is 7.04. The lowest BCUT2D eigenvalue weighted by Gasteiger charge is -2.17. The van der Waals surface area contributed by atoms with Gasteiger partial charge in [-0.25, -0.2) is 9.78 Å². The molecule has 22 heavy (non-hydrogen) atoms. The molecule has 0 bridgehead atoms. The van der Waals surface area contributed by atoms with E-state index in [4.69, 9.17) is 5.73 Å². The highest BCUT2D eigenvalue weighted by Gasteiger charge is 2.18. The van der Waals surface area contributed by atoms with E-state index in [1.807, 2.05) is 43.5 Å². The zero-order valence-corrected chi connectivity index (χ0v) is 13.2.